The van der Waals surface area contributed by atoms with Gasteiger partial charge < -0.3 is 9.80 Å². The normalized spacial score (nSPS) is 23.4. The topological polar surface area (TPSA) is 69.7 Å². The number of fused-ring (bicyclic) bond motifs is 1. The Bertz CT molecular complexity index is 833. The van der Waals surface area contributed by atoms with Crippen molar-refractivity contribution >= 4 is 17.7 Å². The third-order valence-electron chi connectivity index (χ3n) is 6.50. The van der Waals surface area contributed by atoms with Gasteiger partial charge in [-0.25, -0.2) is 4.39 Å². The van der Waals surface area contributed by atoms with Gasteiger partial charge >= 0.3 is 0 Å². The first-order valence-corrected chi connectivity index (χ1v) is 10.7. The lowest BCUT2D eigenvalue weighted by Gasteiger charge is -2.32. The van der Waals surface area contributed by atoms with Crippen LogP contribution < -0.4 is 5.32 Å². The number of likely N-dealkylation sites (tertiary alicyclic amines) is 1. The molecule has 1 unspecified atom stereocenters. The fourth-order valence-electron chi connectivity index (χ4n) is 4.77. The molecule has 0 aromatic heterocycles. The van der Waals surface area contributed by atoms with Gasteiger partial charge in [-0.1, -0.05) is 19.4 Å². The van der Waals surface area contributed by atoms with Gasteiger partial charge in [-0.2, -0.15) is 0 Å². The van der Waals surface area contributed by atoms with Crippen LogP contribution in [0.5, 0.6) is 0 Å². The minimum Gasteiger partial charge on any atom is -0.322 e. The van der Waals surface area contributed by atoms with Crippen molar-refractivity contribution in [1.82, 2.24) is 15.1 Å². The molecular formula is C22H28FN3O3. The fourth-order valence-corrected chi connectivity index (χ4v) is 4.77. The predicted octanol–water partition coefficient (Wildman–Crippen LogP) is 2.57. The molecule has 156 valence electrons. The van der Waals surface area contributed by atoms with E-state index < -0.39 is 11.9 Å². The van der Waals surface area contributed by atoms with Crippen molar-refractivity contribution in [2.24, 2.45) is 0 Å². The number of hydrogen-bond acceptors (Lipinski definition) is 4. The molecule has 3 heterocycles. The second-order valence-electron chi connectivity index (χ2n) is 8.40. The molecule has 2 saturated heterocycles. The zero-order chi connectivity index (χ0) is 20.5. The van der Waals surface area contributed by atoms with Gasteiger partial charge in [0.25, 0.3) is 5.91 Å². The van der Waals surface area contributed by atoms with Crippen LogP contribution in [0, 0.1) is 5.82 Å². The third-order valence-corrected chi connectivity index (χ3v) is 6.50. The number of piperidine rings is 2. The molecule has 3 aliphatic rings. The Morgan fingerprint density at radius 3 is 2.59 bits per heavy atom. The van der Waals surface area contributed by atoms with Crippen molar-refractivity contribution in [2.75, 3.05) is 19.6 Å². The molecule has 1 aromatic rings. The van der Waals surface area contributed by atoms with Crippen molar-refractivity contribution in [1.29, 1.82) is 0 Å². The Morgan fingerprint density at radius 1 is 1.14 bits per heavy atom. The first-order valence-electron chi connectivity index (χ1n) is 10.7. The Kier molecular flexibility index (Phi) is 5.67. The quantitative estimate of drug-likeness (QED) is 0.770. The van der Waals surface area contributed by atoms with E-state index >= 15 is 0 Å². The molecule has 0 aliphatic carbocycles. The van der Waals surface area contributed by atoms with Gasteiger partial charge in [0.1, 0.15) is 11.9 Å². The summed E-state index contributed by atoms with van der Waals surface area (Å²) < 4.78 is 14.9. The van der Waals surface area contributed by atoms with Crippen LogP contribution in [0.4, 0.5) is 4.39 Å². The number of carbonyl (C=O) groups is 3. The van der Waals surface area contributed by atoms with Gasteiger partial charge in [0.15, 0.2) is 0 Å². The van der Waals surface area contributed by atoms with E-state index in [-0.39, 0.29) is 30.0 Å². The van der Waals surface area contributed by atoms with Crippen LogP contribution in [0.2, 0.25) is 0 Å². The molecule has 29 heavy (non-hydrogen) atoms. The summed E-state index contributed by atoms with van der Waals surface area (Å²) in [6, 6.07) is 2.52. The SMILES string of the molecule is CCCCN1CCC(c2cc3c(cc2F)C(=O)N(C2CCC(=O)NC2=O)C3)CC1. The van der Waals surface area contributed by atoms with Crippen LogP contribution in [0.1, 0.15) is 72.9 Å². The van der Waals surface area contributed by atoms with E-state index in [4.69, 9.17) is 0 Å². The number of imide groups is 1. The number of nitrogens with one attached hydrogen (secondary N) is 1. The summed E-state index contributed by atoms with van der Waals surface area (Å²) in [6.07, 6.45) is 4.74. The van der Waals surface area contributed by atoms with Gasteiger partial charge in [-0.3, -0.25) is 19.7 Å². The maximum Gasteiger partial charge on any atom is 0.255 e. The standard InChI is InChI=1S/C22H28FN3O3/c1-2-3-8-25-9-6-14(7-10-25)16-11-15-13-26(22(29)17(15)12-18(16)23)19-4-5-20(27)24-21(19)28/h11-12,14,19H,2-10,13H2,1H3,(H,24,27,28). The number of benzene rings is 1. The Balaban J connectivity index is 1.48. The molecule has 3 aliphatic heterocycles. The summed E-state index contributed by atoms with van der Waals surface area (Å²) >= 11 is 0. The highest BCUT2D eigenvalue weighted by Gasteiger charge is 2.40. The first kappa shape index (κ1) is 20.0. The summed E-state index contributed by atoms with van der Waals surface area (Å²) in [5, 5.41) is 2.30. The number of nitrogens with zero attached hydrogens (tertiary/aromatic N) is 2. The molecular weight excluding hydrogens is 373 g/mol. The smallest absolute Gasteiger partial charge is 0.255 e. The summed E-state index contributed by atoms with van der Waals surface area (Å²) in [6.45, 7) is 5.53. The molecule has 0 saturated carbocycles. The minimum absolute atomic E-state index is 0.165. The fraction of sp³-hybridized carbons (Fsp3) is 0.591. The molecule has 0 bridgehead atoms. The van der Waals surface area contributed by atoms with Crippen LogP contribution in [0.25, 0.3) is 0 Å². The van der Waals surface area contributed by atoms with Crippen LogP contribution in [0.3, 0.4) is 0 Å². The Hall–Kier alpha value is -2.28. The molecule has 3 amide bonds. The van der Waals surface area contributed by atoms with Gasteiger partial charge in [0.2, 0.25) is 11.8 Å². The van der Waals surface area contributed by atoms with E-state index in [1.807, 2.05) is 6.07 Å². The lowest BCUT2D eigenvalue weighted by atomic mass is 9.87. The van der Waals surface area contributed by atoms with E-state index in [9.17, 15) is 18.8 Å². The lowest BCUT2D eigenvalue weighted by Crippen LogP contribution is -2.52. The Morgan fingerprint density at radius 2 is 1.90 bits per heavy atom. The van der Waals surface area contributed by atoms with E-state index in [1.54, 1.807) is 0 Å². The van der Waals surface area contributed by atoms with E-state index in [0.29, 0.717) is 24.1 Å². The lowest BCUT2D eigenvalue weighted by molar-refractivity contribution is -0.136. The highest BCUT2D eigenvalue weighted by Crippen LogP contribution is 2.35. The number of amides is 3. The molecule has 1 atom stereocenters. The number of carbonyl (C=O) groups excluding carboxylic acids is 3. The molecule has 1 N–H and O–H groups in total. The van der Waals surface area contributed by atoms with Crippen LogP contribution in [-0.2, 0) is 16.1 Å². The van der Waals surface area contributed by atoms with Crippen molar-refractivity contribution in [3.63, 3.8) is 0 Å². The monoisotopic (exact) mass is 401 g/mol. The number of hydrogen-bond donors (Lipinski definition) is 1. The zero-order valence-electron chi connectivity index (χ0n) is 16.9. The summed E-state index contributed by atoms with van der Waals surface area (Å²) in [5.74, 6) is -1.24. The van der Waals surface area contributed by atoms with Crippen molar-refractivity contribution in [2.45, 2.75) is 64.0 Å². The maximum absolute atomic E-state index is 14.9. The first-order chi connectivity index (χ1) is 14.0. The highest BCUT2D eigenvalue weighted by molar-refractivity contribution is 6.05. The van der Waals surface area contributed by atoms with E-state index in [2.05, 4.69) is 17.1 Å². The number of unbranched alkanes of at least 4 members (excludes halogenated alkanes) is 1. The molecule has 2 fully saturated rings. The number of rotatable bonds is 5. The third kappa shape index (κ3) is 3.92. The van der Waals surface area contributed by atoms with Crippen molar-refractivity contribution in [3.05, 3.63) is 34.6 Å². The maximum atomic E-state index is 14.9. The predicted molar refractivity (Wildman–Crippen MR) is 106 cm³/mol. The minimum atomic E-state index is -0.666. The van der Waals surface area contributed by atoms with Gasteiger partial charge in [-0.15, -0.1) is 0 Å². The van der Waals surface area contributed by atoms with Gasteiger partial charge in [-0.05, 0) is 68.4 Å². The van der Waals surface area contributed by atoms with Crippen LogP contribution in [0.15, 0.2) is 12.1 Å². The summed E-state index contributed by atoms with van der Waals surface area (Å²) in [5.41, 5.74) is 1.82. The average molecular weight is 401 g/mol. The second kappa shape index (κ2) is 8.22. The molecule has 6 nitrogen and oxygen atoms in total. The molecule has 1 aromatic carbocycles. The Labute approximate surface area is 170 Å². The molecule has 7 heteroatoms. The summed E-state index contributed by atoms with van der Waals surface area (Å²) in [4.78, 5) is 40.3. The van der Waals surface area contributed by atoms with Gasteiger partial charge in [0, 0.05) is 18.5 Å². The largest absolute Gasteiger partial charge is 0.322 e. The average Bonchev–Trinajstić information content (AvgIpc) is 3.02. The second-order valence-corrected chi connectivity index (χ2v) is 8.40. The van der Waals surface area contributed by atoms with E-state index in [1.165, 1.54) is 23.8 Å². The van der Waals surface area contributed by atoms with Crippen LogP contribution >= 0.6 is 0 Å². The highest BCUT2D eigenvalue weighted by atomic mass is 19.1. The van der Waals surface area contributed by atoms with Crippen molar-refractivity contribution in [3.8, 4) is 0 Å². The molecule has 4 rings (SSSR count). The van der Waals surface area contributed by atoms with E-state index in [0.717, 1.165) is 38.0 Å². The zero-order valence-corrected chi connectivity index (χ0v) is 16.9. The van der Waals surface area contributed by atoms with Crippen molar-refractivity contribution < 1.29 is 18.8 Å². The molecule has 0 spiro atoms. The molecule has 0 radical (unpaired) electrons. The van der Waals surface area contributed by atoms with Crippen LogP contribution in [-0.4, -0.2) is 53.2 Å². The number of halogens is 1. The summed E-state index contributed by atoms with van der Waals surface area (Å²) in [7, 11) is 0. The van der Waals surface area contributed by atoms with Gasteiger partial charge in [0.05, 0.1) is 0 Å².